The molecule has 0 atom stereocenters. The lowest BCUT2D eigenvalue weighted by Crippen LogP contribution is -2.10. The number of rotatable bonds is 0. The lowest BCUT2D eigenvalue weighted by Gasteiger charge is -2.08. The first-order valence-electron chi connectivity index (χ1n) is 3.87. The Morgan fingerprint density at radius 1 is 1.47 bits per heavy atom. The second-order valence-electron chi connectivity index (χ2n) is 2.61. The zero-order valence-electron chi connectivity index (χ0n) is 7.47. The van der Waals surface area contributed by atoms with E-state index in [9.17, 15) is 13.2 Å². The van der Waals surface area contributed by atoms with Crippen molar-refractivity contribution in [1.82, 2.24) is 4.98 Å². The van der Waals surface area contributed by atoms with E-state index in [0.29, 0.717) is 0 Å². The molecule has 0 radical (unpaired) electrons. The first kappa shape index (κ1) is 11.7. The van der Waals surface area contributed by atoms with Crippen LogP contribution in [-0.4, -0.2) is 10.7 Å². The van der Waals surface area contributed by atoms with E-state index in [0.717, 1.165) is 6.07 Å². The summed E-state index contributed by atoms with van der Waals surface area (Å²) in [5, 5.41) is 0. The van der Waals surface area contributed by atoms with E-state index in [1.807, 2.05) is 0 Å². The van der Waals surface area contributed by atoms with E-state index >= 15 is 0 Å². The van der Waals surface area contributed by atoms with Crippen LogP contribution in [0, 0.1) is 11.8 Å². The minimum atomic E-state index is -4.50. The van der Waals surface area contributed by atoms with E-state index < -0.39 is 17.6 Å². The summed E-state index contributed by atoms with van der Waals surface area (Å²) in [5.74, 6) is 4.75. The maximum atomic E-state index is 12.4. The van der Waals surface area contributed by atoms with E-state index in [2.05, 4.69) is 29.5 Å². The molecule has 0 saturated heterocycles. The molecule has 6 heteroatoms. The van der Waals surface area contributed by atoms with Crippen molar-refractivity contribution in [3.63, 3.8) is 0 Å². The van der Waals surface area contributed by atoms with Crippen LogP contribution in [-0.2, 0) is 6.18 Å². The maximum absolute atomic E-state index is 12.4. The van der Waals surface area contributed by atoms with Gasteiger partial charge in [0.15, 0.2) is 0 Å². The number of alkyl halides is 3. The van der Waals surface area contributed by atoms with Gasteiger partial charge in [-0.25, -0.2) is 4.98 Å². The Labute approximate surface area is 90.1 Å². The summed E-state index contributed by atoms with van der Waals surface area (Å²) in [7, 11) is 0. The predicted octanol–water partition coefficient (Wildman–Crippen LogP) is 1.96. The van der Waals surface area contributed by atoms with E-state index in [4.69, 9.17) is 5.73 Å². The number of nitrogens with two attached hydrogens (primary N) is 1. The summed E-state index contributed by atoms with van der Waals surface area (Å²) < 4.78 is 37.1. The topological polar surface area (TPSA) is 38.9 Å². The van der Waals surface area contributed by atoms with E-state index in [1.165, 1.54) is 6.20 Å². The minimum absolute atomic E-state index is 0.172. The fourth-order valence-corrected chi connectivity index (χ4v) is 0.991. The highest BCUT2D eigenvalue weighted by Gasteiger charge is 2.33. The Kier molecular flexibility index (Phi) is 3.48. The first-order chi connectivity index (χ1) is 6.95. The van der Waals surface area contributed by atoms with Crippen LogP contribution < -0.4 is 5.73 Å². The van der Waals surface area contributed by atoms with Gasteiger partial charge in [-0.05, 0) is 6.07 Å². The number of thiol groups is 1. The molecule has 80 valence electrons. The Morgan fingerprint density at radius 3 is 2.67 bits per heavy atom. The molecule has 0 aliphatic heterocycles. The van der Waals surface area contributed by atoms with Gasteiger partial charge in [0, 0.05) is 11.8 Å². The number of nitrogen functional groups attached to an aromatic ring is 1. The SMILES string of the molecule is Nc1ncc(C#CCS)cc1C(F)(F)F. The van der Waals surface area contributed by atoms with E-state index in [-0.39, 0.29) is 11.3 Å². The van der Waals surface area contributed by atoms with Gasteiger partial charge in [-0.3, -0.25) is 0 Å². The van der Waals surface area contributed by atoms with Crippen LogP contribution in [0.25, 0.3) is 0 Å². The van der Waals surface area contributed by atoms with Crippen molar-refractivity contribution in [2.45, 2.75) is 6.18 Å². The molecule has 2 nitrogen and oxygen atoms in total. The average Bonchev–Trinajstić information content (AvgIpc) is 2.15. The van der Waals surface area contributed by atoms with Gasteiger partial charge >= 0.3 is 6.18 Å². The predicted molar refractivity (Wildman–Crippen MR) is 54.4 cm³/mol. The molecule has 0 aliphatic carbocycles. The Hall–Kier alpha value is -1.35. The summed E-state index contributed by atoms with van der Waals surface area (Å²) in [5.41, 5.74) is 4.32. The van der Waals surface area contributed by atoms with Crippen molar-refractivity contribution in [1.29, 1.82) is 0 Å². The zero-order valence-corrected chi connectivity index (χ0v) is 8.36. The number of hydrogen-bond acceptors (Lipinski definition) is 3. The van der Waals surface area contributed by atoms with Crippen LogP contribution >= 0.6 is 12.6 Å². The van der Waals surface area contributed by atoms with Crippen LogP contribution in [0.3, 0.4) is 0 Å². The number of halogens is 3. The smallest absolute Gasteiger partial charge is 0.383 e. The maximum Gasteiger partial charge on any atom is 0.419 e. The molecule has 0 bridgehead atoms. The van der Waals surface area contributed by atoms with Gasteiger partial charge < -0.3 is 5.73 Å². The molecule has 1 aromatic heterocycles. The van der Waals surface area contributed by atoms with Crippen LogP contribution in [0.2, 0.25) is 0 Å². The molecule has 1 heterocycles. The highest BCUT2D eigenvalue weighted by atomic mass is 32.1. The number of nitrogens with zero attached hydrogens (tertiary/aromatic N) is 1. The minimum Gasteiger partial charge on any atom is -0.383 e. The third-order valence-electron chi connectivity index (χ3n) is 1.54. The lowest BCUT2D eigenvalue weighted by molar-refractivity contribution is -0.137. The Balaban J connectivity index is 3.17. The third kappa shape index (κ3) is 3.06. The average molecular weight is 232 g/mol. The van der Waals surface area contributed by atoms with Crippen molar-refractivity contribution < 1.29 is 13.2 Å². The summed E-state index contributed by atoms with van der Waals surface area (Å²) in [6.07, 6.45) is -3.31. The molecule has 0 aromatic carbocycles. The molecule has 0 amide bonds. The van der Waals surface area contributed by atoms with Crippen LogP contribution in [0.15, 0.2) is 12.3 Å². The monoisotopic (exact) mass is 232 g/mol. The molecule has 2 N–H and O–H groups in total. The molecule has 0 aliphatic rings. The van der Waals surface area contributed by atoms with Crippen LogP contribution in [0.5, 0.6) is 0 Å². The normalized spacial score (nSPS) is 10.7. The molecule has 0 spiro atoms. The Morgan fingerprint density at radius 2 is 2.13 bits per heavy atom. The van der Waals surface area contributed by atoms with Crippen molar-refractivity contribution in [2.75, 3.05) is 11.5 Å². The van der Waals surface area contributed by atoms with Crippen molar-refractivity contribution in [2.24, 2.45) is 0 Å². The van der Waals surface area contributed by atoms with Gasteiger partial charge in [-0.15, -0.1) is 0 Å². The highest BCUT2D eigenvalue weighted by Crippen LogP contribution is 2.32. The van der Waals surface area contributed by atoms with E-state index in [1.54, 1.807) is 0 Å². The molecular formula is C9H7F3N2S. The third-order valence-corrected chi connectivity index (χ3v) is 1.69. The van der Waals surface area contributed by atoms with Gasteiger partial charge in [0.05, 0.1) is 11.3 Å². The van der Waals surface area contributed by atoms with Crippen molar-refractivity contribution in [3.8, 4) is 11.8 Å². The van der Waals surface area contributed by atoms with Gasteiger partial charge in [0.25, 0.3) is 0 Å². The van der Waals surface area contributed by atoms with Crippen molar-refractivity contribution in [3.05, 3.63) is 23.4 Å². The number of anilines is 1. The highest BCUT2D eigenvalue weighted by molar-refractivity contribution is 7.80. The second-order valence-corrected chi connectivity index (χ2v) is 2.93. The second kappa shape index (κ2) is 4.45. The summed E-state index contributed by atoms with van der Waals surface area (Å²) in [6, 6.07) is 0.874. The van der Waals surface area contributed by atoms with Gasteiger partial charge in [0.1, 0.15) is 5.82 Å². The van der Waals surface area contributed by atoms with Crippen LogP contribution in [0.1, 0.15) is 11.1 Å². The van der Waals surface area contributed by atoms with Crippen molar-refractivity contribution >= 4 is 18.4 Å². The number of hydrogen-bond donors (Lipinski definition) is 2. The molecule has 1 rings (SSSR count). The lowest BCUT2D eigenvalue weighted by atomic mass is 10.2. The van der Waals surface area contributed by atoms with Gasteiger partial charge in [-0.1, -0.05) is 11.8 Å². The Bertz CT molecular complexity index is 418. The summed E-state index contributed by atoms with van der Waals surface area (Å²) >= 11 is 3.81. The molecule has 0 saturated carbocycles. The number of pyridine rings is 1. The first-order valence-corrected chi connectivity index (χ1v) is 4.51. The zero-order chi connectivity index (χ0) is 11.5. The molecule has 1 aromatic rings. The standard InChI is InChI=1S/C9H7F3N2S/c10-9(11,12)7-4-6(2-1-3-15)5-14-8(7)13/h4-5,15H,3H2,(H2,13,14). The number of aromatic nitrogens is 1. The van der Waals surface area contributed by atoms with Crippen LogP contribution in [0.4, 0.5) is 19.0 Å². The molecular weight excluding hydrogens is 225 g/mol. The quantitative estimate of drug-likeness (QED) is 0.530. The summed E-state index contributed by atoms with van der Waals surface area (Å²) in [4.78, 5) is 3.43. The fourth-order valence-electron chi connectivity index (χ4n) is 0.912. The molecule has 15 heavy (non-hydrogen) atoms. The molecule has 0 unspecified atom stereocenters. The largest absolute Gasteiger partial charge is 0.419 e. The van der Waals surface area contributed by atoms with Gasteiger partial charge in [-0.2, -0.15) is 25.8 Å². The molecule has 0 fully saturated rings. The summed E-state index contributed by atoms with van der Waals surface area (Å²) in [6.45, 7) is 0. The van der Waals surface area contributed by atoms with Gasteiger partial charge in [0.2, 0.25) is 0 Å². The fraction of sp³-hybridized carbons (Fsp3) is 0.222.